The summed E-state index contributed by atoms with van der Waals surface area (Å²) in [5, 5.41) is 1.42. The average molecular weight is 248 g/mol. The van der Waals surface area contributed by atoms with E-state index in [1.165, 1.54) is 11.8 Å². The Morgan fingerprint density at radius 2 is 2.00 bits per heavy atom. The van der Waals surface area contributed by atoms with Crippen LogP contribution in [-0.4, -0.2) is 19.9 Å². The molecule has 0 aliphatic carbocycles. The van der Waals surface area contributed by atoms with Gasteiger partial charge >= 0.3 is 0 Å². The van der Waals surface area contributed by atoms with Crippen LogP contribution in [0.4, 0.5) is 5.95 Å². The molecule has 0 aromatic carbocycles. The number of anilines is 1. The predicted octanol–water partition coefficient (Wildman–Crippen LogP) is 1.32. The first-order chi connectivity index (χ1) is 8.17. The number of aryl methyl sites for hydroxylation is 2. The summed E-state index contributed by atoms with van der Waals surface area (Å²) >= 11 is 1.38. The zero-order valence-corrected chi connectivity index (χ0v) is 10.3. The van der Waals surface area contributed by atoms with Gasteiger partial charge < -0.3 is 0 Å². The van der Waals surface area contributed by atoms with Gasteiger partial charge in [-0.3, -0.25) is 5.43 Å². The molecular formula is C10H12N6S. The molecule has 0 fully saturated rings. The highest BCUT2D eigenvalue weighted by Gasteiger charge is 2.05. The van der Waals surface area contributed by atoms with Crippen molar-refractivity contribution in [2.45, 2.75) is 24.0 Å². The summed E-state index contributed by atoms with van der Waals surface area (Å²) in [6, 6.07) is 3.71. The highest BCUT2D eigenvalue weighted by atomic mass is 32.2. The maximum Gasteiger partial charge on any atom is 0.238 e. The van der Waals surface area contributed by atoms with E-state index in [2.05, 4.69) is 25.4 Å². The van der Waals surface area contributed by atoms with Crippen LogP contribution in [0, 0.1) is 13.8 Å². The minimum Gasteiger partial charge on any atom is -0.292 e. The van der Waals surface area contributed by atoms with Crippen LogP contribution < -0.4 is 11.3 Å². The summed E-state index contributed by atoms with van der Waals surface area (Å²) < 4.78 is 0. The highest BCUT2D eigenvalue weighted by Crippen LogP contribution is 2.23. The largest absolute Gasteiger partial charge is 0.292 e. The van der Waals surface area contributed by atoms with Crippen molar-refractivity contribution < 1.29 is 0 Å². The molecule has 0 atom stereocenters. The molecule has 0 unspecified atom stereocenters. The van der Waals surface area contributed by atoms with E-state index in [9.17, 15) is 0 Å². The van der Waals surface area contributed by atoms with Gasteiger partial charge in [-0.05, 0) is 37.7 Å². The van der Waals surface area contributed by atoms with Gasteiger partial charge in [0.1, 0.15) is 5.03 Å². The van der Waals surface area contributed by atoms with Crippen LogP contribution in [0.25, 0.3) is 0 Å². The van der Waals surface area contributed by atoms with Crippen LogP contribution >= 0.6 is 11.8 Å². The summed E-state index contributed by atoms with van der Waals surface area (Å²) in [7, 11) is 0. The van der Waals surface area contributed by atoms with Crippen LogP contribution in [0.2, 0.25) is 0 Å². The van der Waals surface area contributed by atoms with Crippen LogP contribution in [0.5, 0.6) is 0 Å². The van der Waals surface area contributed by atoms with Crippen molar-refractivity contribution in [3.8, 4) is 0 Å². The first-order valence-electron chi connectivity index (χ1n) is 4.97. The summed E-state index contributed by atoms with van der Waals surface area (Å²) in [4.78, 5) is 16.8. The molecule has 0 aliphatic heterocycles. The van der Waals surface area contributed by atoms with Crippen LogP contribution in [0.1, 0.15) is 11.4 Å². The third kappa shape index (κ3) is 3.11. The van der Waals surface area contributed by atoms with Crippen molar-refractivity contribution in [2.24, 2.45) is 5.84 Å². The molecule has 0 amide bonds. The smallest absolute Gasteiger partial charge is 0.238 e. The van der Waals surface area contributed by atoms with E-state index in [4.69, 9.17) is 5.84 Å². The lowest BCUT2D eigenvalue weighted by molar-refractivity contribution is 0.922. The normalized spacial score (nSPS) is 10.3. The fourth-order valence-corrected chi connectivity index (χ4v) is 2.08. The van der Waals surface area contributed by atoms with E-state index < -0.39 is 0 Å². The highest BCUT2D eigenvalue weighted by molar-refractivity contribution is 7.99. The molecule has 88 valence electrons. The topological polar surface area (TPSA) is 89.6 Å². The number of aromatic nitrogens is 4. The standard InChI is InChI=1S/C10H12N6S/c1-6-3-4-12-10(14-6)17-8-5-7(2)13-9(15-8)16-11/h3-5H,11H2,1-2H3,(H,13,15,16). The summed E-state index contributed by atoms with van der Waals surface area (Å²) in [6.45, 7) is 3.80. The number of nitrogens with one attached hydrogen (secondary N) is 1. The Labute approximate surface area is 103 Å². The molecule has 0 aliphatic rings. The van der Waals surface area contributed by atoms with E-state index in [1.807, 2.05) is 26.0 Å². The molecule has 0 spiro atoms. The minimum atomic E-state index is 0.389. The lowest BCUT2D eigenvalue weighted by atomic mass is 10.5. The third-order valence-corrected chi connectivity index (χ3v) is 2.73. The van der Waals surface area contributed by atoms with Gasteiger partial charge in [0.05, 0.1) is 0 Å². The van der Waals surface area contributed by atoms with Crippen LogP contribution in [-0.2, 0) is 0 Å². The van der Waals surface area contributed by atoms with Crippen molar-refractivity contribution in [3.63, 3.8) is 0 Å². The zero-order valence-electron chi connectivity index (χ0n) is 9.51. The van der Waals surface area contributed by atoms with Gasteiger partial charge in [0.2, 0.25) is 5.95 Å². The van der Waals surface area contributed by atoms with E-state index in [-0.39, 0.29) is 0 Å². The fraction of sp³-hybridized carbons (Fsp3) is 0.200. The van der Waals surface area contributed by atoms with Gasteiger partial charge in [0.25, 0.3) is 0 Å². The quantitative estimate of drug-likeness (QED) is 0.366. The summed E-state index contributed by atoms with van der Waals surface area (Å²) in [6.07, 6.45) is 1.72. The molecule has 2 aromatic heterocycles. The maximum atomic E-state index is 5.29. The van der Waals surface area contributed by atoms with E-state index in [0.717, 1.165) is 16.4 Å². The van der Waals surface area contributed by atoms with Crippen molar-refractivity contribution in [1.82, 2.24) is 19.9 Å². The molecule has 2 rings (SSSR count). The predicted molar refractivity (Wildman–Crippen MR) is 65.5 cm³/mol. The zero-order chi connectivity index (χ0) is 12.3. The second-order valence-electron chi connectivity index (χ2n) is 3.40. The second-order valence-corrected chi connectivity index (χ2v) is 4.39. The number of nitrogens with zero attached hydrogens (tertiary/aromatic N) is 4. The van der Waals surface area contributed by atoms with E-state index >= 15 is 0 Å². The monoisotopic (exact) mass is 248 g/mol. The molecule has 0 saturated carbocycles. The lowest BCUT2D eigenvalue weighted by Gasteiger charge is -2.04. The van der Waals surface area contributed by atoms with Gasteiger partial charge in [-0.2, -0.15) is 0 Å². The van der Waals surface area contributed by atoms with Crippen LogP contribution in [0.15, 0.2) is 28.5 Å². The lowest BCUT2D eigenvalue weighted by Crippen LogP contribution is -2.11. The number of hydrogen-bond donors (Lipinski definition) is 2. The Balaban J connectivity index is 2.26. The van der Waals surface area contributed by atoms with Crippen LogP contribution in [0.3, 0.4) is 0 Å². The van der Waals surface area contributed by atoms with Gasteiger partial charge in [-0.1, -0.05) is 0 Å². The molecule has 0 bridgehead atoms. The van der Waals surface area contributed by atoms with E-state index in [0.29, 0.717) is 11.1 Å². The number of hydrazine groups is 1. The number of nitrogens with two attached hydrogens (primary N) is 1. The average Bonchev–Trinajstić information content (AvgIpc) is 2.28. The second kappa shape index (κ2) is 5.07. The molecule has 3 N–H and O–H groups in total. The first-order valence-corrected chi connectivity index (χ1v) is 5.79. The molecule has 2 aromatic rings. The SMILES string of the molecule is Cc1cc(Sc2nccc(C)n2)nc(NN)n1. The molecular weight excluding hydrogens is 236 g/mol. The molecule has 7 heteroatoms. The Bertz CT molecular complexity index is 530. The Morgan fingerprint density at radius 1 is 1.18 bits per heavy atom. The number of rotatable bonds is 3. The summed E-state index contributed by atoms with van der Waals surface area (Å²) in [5.74, 6) is 5.68. The maximum absolute atomic E-state index is 5.29. The van der Waals surface area contributed by atoms with Crippen molar-refractivity contribution in [2.75, 3.05) is 5.43 Å². The Hall–Kier alpha value is -1.73. The van der Waals surface area contributed by atoms with E-state index in [1.54, 1.807) is 6.20 Å². The Kier molecular flexibility index (Phi) is 3.50. The number of nitrogen functional groups attached to an aromatic ring is 1. The molecule has 0 saturated heterocycles. The first kappa shape index (κ1) is 11.7. The summed E-state index contributed by atoms with van der Waals surface area (Å²) in [5.41, 5.74) is 4.19. The van der Waals surface area contributed by atoms with Gasteiger partial charge in [-0.25, -0.2) is 25.8 Å². The number of hydrogen-bond acceptors (Lipinski definition) is 7. The minimum absolute atomic E-state index is 0.389. The van der Waals surface area contributed by atoms with Gasteiger partial charge in [-0.15, -0.1) is 0 Å². The van der Waals surface area contributed by atoms with Gasteiger partial charge in [0.15, 0.2) is 5.16 Å². The van der Waals surface area contributed by atoms with Gasteiger partial charge in [0, 0.05) is 17.6 Å². The Morgan fingerprint density at radius 3 is 2.71 bits per heavy atom. The van der Waals surface area contributed by atoms with Crippen molar-refractivity contribution >= 4 is 17.7 Å². The van der Waals surface area contributed by atoms with Crippen molar-refractivity contribution in [3.05, 3.63) is 29.7 Å². The third-order valence-electron chi connectivity index (χ3n) is 1.93. The molecule has 0 radical (unpaired) electrons. The molecule has 17 heavy (non-hydrogen) atoms. The van der Waals surface area contributed by atoms with Crippen molar-refractivity contribution in [1.29, 1.82) is 0 Å². The molecule has 2 heterocycles. The fourth-order valence-electron chi connectivity index (χ4n) is 1.23. The molecule has 6 nitrogen and oxygen atoms in total.